The van der Waals surface area contributed by atoms with Crippen molar-refractivity contribution in [2.24, 2.45) is 0 Å². The van der Waals surface area contributed by atoms with E-state index in [2.05, 4.69) is 16.7 Å². The van der Waals surface area contributed by atoms with E-state index < -0.39 is 5.91 Å². The van der Waals surface area contributed by atoms with Crippen molar-refractivity contribution in [1.82, 2.24) is 24.7 Å². The van der Waals surface area contributed by atoms with Gasteiger partial charge in [0.15, 0.2) is 5.01 Å². The van der Waals surface area contributed by atoms with Crippen molar-refractivity contribution in [3.8, 4) is 0 Å². The van der Waals surface area contributed by atoms with Gasteiger partial charge in [-0.25, -0.2) is 14.5 Å². The SMILES string of the molecule is C=CCON1C(=O)N2CC(n3ccc(N([B]C=O)C(=O)c4nccs4)n3)=CC1C2. The Bertz CT molecular complexity index is 974. The lowest BCUT2D eigenvalue weighted by Crippen LogP contribution is -2.36. The summed E-state index contributed by atoms with van der Waals surface area (Å²) in [7, 11) is 1.10. The average molecular weight is 411 g/mol. The van der Waals surface area contributed by atoms with Crippen LogP contribution in [0.3, 0.4) is 0 Å². The van der Waals surface area contributed by atoms with Gasteiger partial charge in [-0.2, -0.15) is 10.2 Å². The second-order valence-corrected chi connectivity index (χ2v) is 7.11. The van der Waals surface area contributed by atoms with Crippen LogP contribution in [0, 0.1) is 0 Å². The summed E-state index contributed by atoms with van der Waals surface area (Å²) in [4.78, 5) is 48.3. The zero-order chi connectivity index (χ0) is 20.4. The third kappa shape index (κ3) is 3.59. The summed E-state index contributed by atoms with van der Waals surface area (Å²) in [5.41, 5.74) is 0.762. The lowest BCUT2D eigenvalue weighted by Gasteiger charge is -2.21. The number of hydroxylamine groups is 2. The number of aromatic nitrogens is 3. The Kier molecular flexibility index (Phi) is 5.27. The summed E-state index contributed by atoms with van der Waals surface area (Å²) in [6, 6.07) is 1.16. The molecule has 4 rings (SSSR count). The van der Waals surface area contributed by atoms with Crippen LogP contribution in [-0.2, 0) is 9.63 Å². The van der Waals surface area contributed by atoms with Crippen LogP contribution in [-0.4, -0.2) is 76.0 Å². The summed E-state index contributed by atoms with van der Waals surface area (Å²) in [5, 5.41) is 7.68. The molecule has 0 spiro atoms. The van der Waals surface area contributed by atoms with Crippen molar-refractivity contribution < 1.29 is 19.2 Å². The quantitative estimate of drug-likeness (QED) is 0.363. The van der Waals surface area contributed by atoms with Gasteiger partial charge < -0.3 is 14.5 Å². The minimum atomic E-state index is -0.446. The summed E-state index contributed by atoms with van der Waals surface area (Å²) in [6.45, 7) is 4.71. The van der Waals surface area contributed by atoms with Gasteiger partial charge in [0.1, 0.15) is 12.0 Å². The van der Waals surface area contributed by atoms with Gasteiger partial charge in [-0.1, -0.05) is 6.08 Å². The standard InChI is InChI=1S/C17H16BN6O4S/c1-2-6-28-24-13-8-12(9-21(10-13)17(24)27)22-5-3-14(20-22)23(18-11-25)16(26)15-19-4-7-29-15/h2-5,7-8,11,13H,1,6,9-10H2. The Labute approximate surface area is 170 Å². The van der Waals surface area contributed by atoms with Gasteiger partial charge in [0.25, 0.3) is 5.91 Å². The van der Waals surface area contributed by atoms with Gasteiger partial charge in [-0.3, -0.25) is 9.63 Å². The largest absolute Gasteiger partial charge is 0.345 e. The van der Waals surface area contributed by atoms with E-state index in [4.69, 9.17) is 4.84 Å². The van der Waals surface area contributed by atoms with E-state index in [9.17, 15) is 14.4 Å². The molecule has 147 valence electrons. The molecule has 2 aliphatic heterocycles. The van der Waals surface area contributed by atoms with Crippen molar-refractivity contribution in [1.29, 1.82) is 0 Å². The summed E-state index contributed by atoms with van der Waals surface area (Å²) in [6.07, 6.45) is 7.19. The molecule has 1 unspecified atom stereocenters. The number of anilines is 1. The van der Waals surface area contributed by atoms with Gasteiger partial charge in [0.2, 0.25) is 0 Å². The number of nitrogens with zero attached hydrogens (tertiary/aromatic N) is 6. The van der Waals surface area contributed by atoms with Gasteiger partial charge in [-0.05, 0) is 6.08 Å². The highest BCUT2D eigenvalue weighted by molar-refractivity contribution is 7.12. The molecule has 2 bridgehead atoms. The van der Waals surface area contributed by atoms with E-state index in [1.807, 2.05) is 6.08 Å². The zero-order valence-corrected chi connectivity index (χ0v) is 16.1. The van der Waals surface area contributed by atoms with E-state index in [-0.39, 0.29) is 29.5 Å². The number of hydrogen-bond acceptors (Lipinski definition) is 7. The Morgan fingerprint density at radius 3 is 3.10 bits per heavy atom. The molecule has 2 aliphatic rings. The predicted molar refractivity (Wildman–Crippen MR) is 107 cm³/mol. The molecular weight excluding hydrogens is 395 g/mol. The third-order valence-corrected chi connectivity index (χ3v) is 5.16. The van der Waals surface area contributed by atoms with Crippen LogP contribution in [0.15, 0.2) is 42.6 Å². The van der Waals surface area contributed by atoms with Gasteiger partial charge in [0, 0.05) is 30.4 Å². The number of thiazole rings is 1. The average Bonchev–Trinajstić information content (AvgIpc) is 3.47. The molecule has 3 amide bonds. The molecule has 1 fully saturated rings. The van der Waals surface area contributed by atoms with E-state index in [0.29, 0.717) is 19.3 Å². The second kappa shape index (κ2) is 8.01. The molecule has 0 aromatic carbocycles. The normalized spacial score (nSPS) is 17.9. The number of urea groups is 1. The first-order chi connectivity index (χ1) is 14.1. The fourth-order valence-electron chi connectivity index (χ4n) is 3.16. The number of carbonyl (C=O) groups excluding carboxylic acids is 3. The van der Waals surface area contributed by atoms with Gasteiger partial charge >= 0.3 is 13.4 Å². The second-order valence-electron chi connectivity index (χ2n) is 6.21. The fourth-order valence-corrected chi connectivity index (χ4v) is 3.73. The Morgan fingerprint density at radius 1 is 1.52 bits per heavy atom. The van der Waals surface area contributed by atoms with Gasteiger partial charge in [0.05, 0.1) is 24.9 Å². The van der Waals surface area contributed by atoms with Crippen LogP contribution in [0.25, 0.3) is 5.70 Å². The molecule has 1 saturated heterocycles. The van der Waals surface area contributed by atoms with E-state index in [0.717, 1.165) is 17.9 Å². The van der Waals surface area contributed by atoms with Crippen molar-refractivity contribution in [3.63, 3.8) is 0 Å². The smallest absolute Gasteiger partial charge is 0.331 e. The predicted octanol–water partition coefficient (Wildman–Crippen LogP) is 0.874. The molecule has 29 heavy (non-hydrogen) atoms. The van der Waals surface area contributed by atoms with E-state index in [1.165, 1.54) is 22.6 Å². The van der Waals surface area contributed by atoms with Crippen LogP contribution in [0.2, 0.25) is 0 Å². The van der Waals surface area contributed by atoms with Crippen molar-refractivity contribution in [2.75, 3.05) is 24.5 Å². The molecular formula is C17H16BN6O4S. The van der Waals surface area contributed by atoms with Gasteiger partial charge in [-0.15, -0.1) is 17.9 Å². The van der Waals surface area contributed by atoms with Crippen LogP contribution < -0.4 is 4.81 Å². The molecule has 0 N–H and O–H groups in total. The van der Waals surface area contributed by atoms with Crippen LogP contribution >= 0.6 is 11.3 Å². The first-order valence-electron chi connectivity index (χ1n) is 8.72. The minimum Gasteiger partial charge on any atom is -0.331 e. The molecule has 12 heteroatoms. The highest BCUT2D eigenvalue weighted by Gasteiger charge is 2.41. The molecule has 2 aromatic rings. The first kappa shape index (κ1) is 19.1. The molecule has 2 aromatic heterocycles. The summed E-state index contributed by atoms with van der Waals surface area (Å²) in [5.74, 6) is -0.171. The number of fused-ring (bicyclic) bond motifs is 2. The highest BCUT2D eigenvalue weighted by atomic mass is 32.1. The summed E-state index contributed by atoms with van der Waals surface area (Å²) >= 11 is 1.18. The van der Waals surface area contributed by atoms with E-state index >= 15 is 0 Å². The molecule has 4 heterocycles. The van der Waals surface area contributed by atoms with Crippen LogP contribution in [0.5, 0.6) is 0 Å². The first-order valence-corrected chi connectivity index (χ1v) is 9.60. The number of rotatable bonds is 8. The van der Waals surface area contributed by atoms with Crippen molar-refractivity contribution in [2.45, 2.75) is 6.04 Å². The lowest BCUT2D eigenvalue weighted by molar-refractivity contribution is -0.107. The number of hydrogen-bond donors (Lipinski definition) is 0. The maximum atomic E-state index is 12.6. The Hall–Kier alpha value is -3.25. The number of carbonyl (C=O) groups is 3. The number of amides is 3. The molecule has 10 nitrogen and oxygen atoms in total. The van der Waals surface area contributed by atoms with Crippen LogP contribution in [0.4, 0.5) is 10.6 Å². The highest BCUT2D eigenvalue weighted by Crippen LogP contribution is 2.27. The Morgan fingerprint density at radius 2 is 2.38 bits per heavy atom. The molecule has 1 atom stereocenters. The Balaban J connectivity index is 1.57. The van der Waals surface area contributed by atoms with Crippen molar-refractivity contribution in [3.05, 3.63) is 47.6 Å². The van der Waals surface area contributed by atoms with Crippen LogP contribution in [0.1, 0.15) is 9.80 Å². The monoisotopic (exact) mass is 411 g/mol. The molecule has 0 saturated carbocycles. The lowest BCUT2D eigenvalue weighted by atomic mass is 9.94. The fraction of sp³-hybridized carbons (Fsp3) is 0.235. The summed E-state index contributed by atoms with van der Waals surface area (Å²) < 4.78 is 1.58. The topological polar surface area (TPSA) is 101 Å². The third-order valence-electron chi connectivity index (χ3n) is 4.40. The van der Waals surface area contributed by atoms with E-state index in [1.54, 1.807) is 33.3 Å². The zero-order valence-electron chi connectivity index (χ0n) is 15.2. The maximum absolute atomic E-state index is 12.6. The molecule has 0 aliphatic carbocycles. The maximum Gasteiger partial charge on any atom is 0.345 e. The molecule has 1 radical (unpaired) electrons. The minimum absolute atomic E-state index is 0.217. The van der Waals surface area contributed by atoms with Crippen molar-refractivity contribution >= 4 is 48.4 Å².